The molecule has 1 saturated heterocycles. The van der Waals surface area contributed by atoms with Gasteiger partial charge in [-0.25, -0.2) is 0 Å². The van der Waals surface area contributed by atoms with Gasteiger partial charge in [-0.1, -0.05) is 45.8 Å². The largest absolute Gasteiger partial charge is 0.494 e. The molecule has 0 spiro atoms. The van der Waals surface area contributed by atoms with Crippen LogP contribution in [0.15, 0.2) is 36.3 Å². The van der Waals surface area contributed by atoms with Crippen LogP contribution in [0.2, 0.25) is 0 Å². The highest BCUT2D eigenvalue weighted by Crippen LogP contribution is 2.46. The number of halogens is 2. The molecular formula is C34H54F2O3. The highest BCUT2D eigenvalue weighted by atomic mass is 19.2. The molecule has 0 bridgehead atoms. The van der Waals surface area contributed by atoms with E-state index in [4.69, 9.17) is 9.47 Å². The molecule has 1 aliphatic heterocycles. The van der Waals surface area contributed by atoms with E-state index in [1.165, 1.54) is 84.2 Å². The Morgan fingerprint density at radius 1 is 0.667 bits per heavy atom. The minimum Gasteiger partial charge on any atom is -0.494 e. The lowest BCUT2D eigenvalue weighted by atomic mass is 9.66. The third-order valence-corrected chi connectivity index (χ3v) is 10.9. The Balaban J connectivity index is 1.11. The van der Waals surface area contributed by atoms with Gasteiger partial charge in [-0.3, -0.25) is 0 Å². The van der Waals surface area contributed by atoms with Crippen LogP contribution >= 0.6 is 0 Å². The van der Waals surface area contributed by atoms with Gasteiger partial charge >= 0.3 is 0 Å². The Kier molecular flexibility index (Phi) is 11.8. The van der Waals surface area contributed by atoms with E-state index < -0.39 is 11.7 Å². The van der Waals surface area contributed by atoms with E-state index in [9.17, 15) is 8.78 Å². The molecule has 1 heterocycles. The van der Waals surface area contributed by atoms with Crippen LogP contribution in [0.5, 0.6) is 0 Å². The molecule has 0 amide bonds. The fourth-order valence-corrected chi connectivity index (χ4v) is 8.32. The molecule has 3 aliphatic carbocycles. The molecule has 4 rings (SSSR count). The number of hydrogen-bond acceptors (Lipinski definition) is 3. The maximum atomic E-state index is 14.1. The van der Waals surface area contributed by atoms with Crippen LogP contribution in [0.4, 0.5) is 8.78 Å². The van der Waals surface area contributed by atoms with Gasteiger partial charge in [0.15, 0.2) is 11.5 Å². The Morgan fingerprint density at radius 3 is 1.69 bits per heavy atom. The van der Waals surface area contributed by atoms with Gasteiger partial charge in [0.25, 0.3) is 0 Å². The van der Waals surface area contributed by atoms with Gasteiger partial charge in [-0.15, -0.1) is 0 Å². The molecule has 2 atom stereocenters. The second kappa shape index (κ2) is 15.0. The Bertz CT molecular complexity index is 806. The molecule has 4 aliphatic rings. The molecule has 0 aromatic rings. The molecule has 0 N–H and O–H groups in total. The number of methoxy groups -OCH3 is 1. The lowest BCUT2D eigenvalue weighted by molar-refractivity contribution is -0.0761. The maximum absolute atomic E-state index is 14.1. The fraction of sp³-hybridized carbons (Fsp3) is 0.824. The highest BCUT2D eigenvalue weighted by molar-refractivity contribution is 5.29. The molecule has 222 valence electrons. The van der Waals surface area contributed by atoms with Gasteiger partial charge in [-0.05, 0) is 118 Å². The molecule has 5 heteroatoms. The predicted molar refractivity (Wildman–Crippen MR) is 154 cm³/mol. The summed E-state index contributed by atoms with van der Waals surface area (Å²) in [5.41, 5.74) is 0. The summed E-state index contributed by atoms with van der Waals surface area (Å²) in [5, 5.41) is 0. The Hall–Kier alpha value is -1.36. The first-order chi connectivity index (χ1) is 18.9. The molecular weight excluding hydrogens is 494 g/mol. The first-order valence-corrected chi connectivity index (χ1v) is 16.1. The van der Waals surface area contributed by atoms with Crippen molar-refractivity contribution in [2.45, 2.75) is 116 Å². The van der Waals surface area contributed by atoms with Gasteiger partial charge < -0.3 is 14.2 Å². The van der Waals surface area contributed by atoms with Crippen molar-refractivity contribution in [1.82, 2.24) is 0 Å². The molecule has 0 aromatic carbocycles. The third kappa shape index (κ3) is 8.33. The van der Waals surface area contributed by atoms with Gasteiger partial charge in [0.1, 0.15) is 0 Å². The van der Waals surface area contributed by atoms with Crippen LogP contribution in [-0.4, -0.2) is 26.4 Å². The van der Waals surface area contributed by atoms with E-state index in [1.807, 2.05) is 0 Å². The van der Waals surface area contributed by atoms with Crippen molar-refractivity contribution < 1.29 is 23.0 Å². The second-order valence-corrected chi connectivity index (χ2v) is 13.2. The highest BCUT2D eigenvalue weighted by Gasteiger charge is 2.37. The smallest absolute Gasteiger partial charge is 0.203 e. The average Bonchev–Trinajstić information content (AvgIpc) is 2.99. The summed E-state index contributed by atoms with van der Waals surface area (Å²) in [7, 11) is 1.25. The van der Waals surface area contributed by atoms with Crippen LogP contribution in [0.3, 0.4) is 0 Å². The zero-order valence-electron chi connectivity index (χ0n) is 24.7. The molecule has 3 saturated carbocycles. The van der Waals surface area contributed by atoms with Crippen molar-refractivity contribution in [3.05, 3.63) is 36.3 Å². The minimum atomic E-state index is -1.16. The normalized spacial score (nSPS) is 36.5. The second-order valence-electron chi connectivity index (χ2n) is 13.2. The van der Waals surface area contributed by atoms with Crippen LogP contribution < -0.4 is 0 Å². The van der Waals surface area contributed by atoms with E-state index in [-0.39, 0.29) is 11.5 Å². The molecule has 4 fully saturated rings. The zero-order chi connectivity index (χ0) is 27.8. The Labute approximate surface area is 236 Å². The summed E-state index contributed by atoms with van der Waals surface area (Å²) >= 11 is 0. The molecule has 2 unspecified atom stereocenters. The summed E-state index contributed by atoms with van der Waals surface area (Å²) in [4.78, 5) is 0. The van der Waals surface area contributed by atoms with Crippen molar-refractivity contribution in [2.75, 3.05) is 20.3 Å². The van der Waals surface area contributed by atoms with E-state index in [0.717, 1.165) is 61.9 Å². The molecule has 3 nitrogen and oxygen atoms in total. The number of rotatable bonds is 11. The summed E-state index contributed by atoms with van der Waals surface area (Å²) in [6.07, 6.45) is 21.8. The standard InChI is InChI=1S/C34H54F2O3/c1-5-6-25-7-11-27(12-8-25)28-15-17-29(18-16-28)31-19-20-32(39-22-31)30-13-9-26(10-14-30)21-38-24(3)34(36)33(35)23(2)37-4/h25-32H,2-3,5-22H2,1,4H3/b34-33-. The van der Waals surface area contributed by atoms with E-state index >= 15 is 0 Å². The fourth-order valence-electron chi connectivity index (χ4n) is 8.32. The van der Waals surface area contributed by atoms with E-state index in [2.05, 4.69) is 24.8 Å². The van der Waals surface area contributed by atoms with Gasteiger partial charge in [0.2, 0.25) is 11.7 Å². The van der Waals surface area contributed by atoms with Crippen LogP contribution in [0.25, 0.3) is 0 Å². The molecule has 39 heavy (non-hydrogen) atoms. The first-order valence-electron chi connectivity index (χ1n) is 16.1. The third-order valence-electron chi connectivity index (χ3n) is 10.9. The summed E-state index contributed by atoms with van der Waals surface area (Å²) < 4.78 is 44.6. The monoisotopic (exact) mass is 548 g/mol. The van der Waals surface area contributed by atoms with Crippen LogP contribution in [-0.2, 0) is 14.2 Å². The van der Waals surface area contributed by atoms with Gasteiger partial charge in [0, 0.05) is 0 Å². The maximum Gasteiger partial charge on any atom is 0.203 e. The van der Waals surface area contributed by atoms with Crippen molar-refractivity contribution in [3.63, 3.8) is 0 Å². The van der Waals surface area contributed by atoms with Crippen molar-refractivity contribution in [1.29, 1.82) is 0 Å². The van der Waals surface area contributed by atoms with Gasteiger partial charge in [-0.2, -0.15) is 8.78 Å². The van der Waals surface area contributed by atoms with E-state index in [1.54, 1.807) is 0 Å². The summed E-state index contributed by atoms with van der Waals surface area (Å²) in [5.74, 6) is 2.67. The SMILES string of the molecule is C=C(OC)/C(F)=C(/F)C(=C)OCC1CCC(C2CCC(C3CCC(C4CCC(CCC)CC4)CC3)CO2)CC1. The topological polar surface area (TPSA) is 27.7 Å². The van der Waals surface area contributed by atoms with Crippen LogP contribution in [0.1, 0.15) is 110 Å². The predicted octanol–water partition coefficient (Wildman–Crippen LogP) is 9.84. The molecule has 0 aromatic heterocycles. The van der Waals surface area contributed by atoms with Crippen molar-refractivity contribution >= 4 is 0 Å². The summed E-state index contributed by atoms with van der Waals surface area (Å²) in [6.45, 7) is 10.5. The zero-order valence-corrected chi connectivity index (χ0v) is 24.7. The summed E-state index contributed by atoms with van der Waals surface area (Å²) in [6, 6.07) is 0. The van der Waals surface area contributed by atoms with Gasteiger partial charge in [0.05, 0.1) is 26.4 Å². The first kappa shape index (κ1) is 30.6. The lowest BCUT2D eigenvalue weighted by Gasteiger charge is -2.43. The van der Waals surface area contributed by atoms with Crippen molar-refractivity contribution in [3.8, 4) is 0 Å². The van der Waals surface area contributed by atoms with Crippen molar-refractivity contribution in [2.24, 2.45) is 41.4 Å². The number of allylic oxidation sites excluding steroid dienone is 2. The number of ether oxygens (including phenoxy) is 3. The minimum absolute atomic E-state index is 0.289. The quantitative estimate of drug-likeness (QED) is 0.190. The average molecular weight is 549 g/mol. The lowest BCUT2D eigenvalue weighted by Crippen LogP contribution is -2.38. The van der Waals surface area contributed by atoms with E-state index in [0.29, 0.717) is 24.5 Å². The Morgan fingerprint density at radius 2 is 1.15 bits per heavy atom. The number of hydrogen-bond donors (Lipinski definition) is 0. The molecule has 0 radical (unpaired) electrons. The van der Waals surface area contributed by atoms with Crippen LogP contribution in [0, 0.1) is 41.4 Å².